The fourth-order valence-electron chi connectivity index (χ4n) is 2.50. The van der Waals surface area contributed by atoms with Crippen LogP contribution in [0.2, 0.25) is 0 Å². The largest absolute Gasteiger partial charge is 0.507 e. The first-order valence-corrected chi connectivity index (χ1v) is 8.82. The van der Waals surface area contributed by atoms with Gasteiger partial charge in [-0.15, -0.1) is 0 Å². The average molecular weight is 382 g/mol. The van der Waals surface area contributed by atoms with Gasteiger partial charge in [-0.2, -0.15) is 0 Å². The summed E-state index contributed by atoms with van der Waals surface area (Å²) in [7, 11) is 0. The normalized spacial score (nSPS) is 11.4. The molecule has 146 valence electrons. The average Bonchev–Trinajstić information content (AvgIpc) is 2.65. The second-order valence-electron chi connectivity index (χ2n) is 7.44. The molecule has 28 heavy (non-hydrogen) atoms. The Morgan fingerprint density at radius 3 is 2.57 bits per heavy atom. The van der Waals surface area contributed by atoms with Gasteiger partial charge in [0.05, 0.1) is 10.9 Å². The second kappa shape index (κ2) is 7.72. The topological polar surface area (TPSA) is 90.7 Å². The van der Waals surface area contributed by atoms with E-state index < -0.39 is 16.9 Å². The lowest BCUT2D eigenvalue weighted by atomic mass is 9.98. The fourth-order valence-corrected chi connectivity index (χ4v) is 2.50. The van der Waals surface area contributed by atoms with Gasteiger partial charge in [0, 0.05) is 12.1 Å². The zero-order valence-electron chi connectivity index (χ0n) is 16.0. The highest BCUT2D eigenvalue weighted by Crippen LogP contribution is 2.27. The molecule has 0 bridgehead atoms. The Bertz CT molecular complexity index is 1050. The van der Waals surface area contributed by atoms with E-state index >= 15 is 0 Å². The number of carbonyl (C=O) groups is 1. The van der Waals surface area contributed by atoms with E-state index in [1.54, 1.807) is 26.8 Å². The van der Waals surface area contributed by atoms with Gasteiger partial charge in [-0.1, -0.05) is 30.3 Å². The molecule has 0 amide bonds. The van der Waals surface area contributed by atoms with Gasteiger partial charge in [0.2, 0.25) is 0 Å². The van der Waals surface area contributed by atoms with Crippen molar-refractivity contribution in [2.24, 2.45) is 5.41 Å². The number of fused-ring (bicyclic) bond motifs is 1. The van der Waals surface area contributed by atoms with Crippen molar-refractivity contribution in [1.82, 2.24) is 9.55 Å². The van der Waals surface area contributed by atoms with Gasteiger partial charge in [0.15, 0.2) is 6.73 Å². The lowest BCUT2D eigenvalue weighted by Crippen LogP contribution is -2.28. The van der Waals surface area contributed by atoms with Gasteiger partial charge in [-0.3, -0.25) is 14.2 Å². The van der Waals surface area contributed by atoms with Gasteiger partial charge in [-0.25, -0.2) is 4.98 Å². The fraction of sp³-hybridized carbons (Fsp3) is 0.286. The zero-order valence-corrected chi connectivity index (χ0v) is 16.0. The van der Waals surface area contributed by atoms with E-state index in [9.17, 15) is 14.7 Å². The molecule has 0 fully saturated rings. The Morgan fingerprint density at radius 1 is 1.18 bits per heavy atom. The first-order chi connectivity index (χ1) is 13.3. The third-order valence-corrected chi connectivity index (χ3v) is 4.08. The van der Waals surface area contributed by atoms with Crippen molar-refractivity contribution in [2.75, 3.05) is 0 Å². The standard InChI is InChI=1S/C21H22N2O5/c1-21(2,3)20(26)28-13-23-12-22-16-9-15(10-17(24)18(16)19(23)25)27-11-14-7-5-4-6-8-14/h4-10,12,24H,11,13H2,1-3H3. The third-order valence-electron chi connectivity index (χ3n) is 4.08. The molecule has 7 heteroatoms. The number of hydrogen-bond donors (Lipinski definition) is 1. The highest BCUT2D eigenvalue weighted by Gasteiger charge is 2.23. The van der Waals surface area contributed by atoms with Crippen molar-refractivity contribution >= 4 is 16.9 Å². The smallest absolute Gasteiger partial charge is 0.312 e. The number of esters is 1. The van der Waals surface area contributed by atoms with Crippen LogP contribution >= 0.6 is 0 Å². The van der Waals surface area contributed by atoms with Crippen LogP contribution in [0.15, 0.2) is 53.6 Å². The molecule has 1 N–H and O–H groups in total. The first kappa shape index (κ1) is 19.4. The Morgan fingerprint density at radius 2 is 1.89 bits per heavy atom. The van der Waals surface area contributed by atoms with E-state index in [0.29, 0.717) is 17.9 Å². The van der Waals surface area contributed by atoms with Crippen LogP contribution in [0.5, 0.6) is 11.5 Å². The number of benzene rings is 2. The summed E-state index contributed by atoms with van der Waals surface area (Å²) in [6.45, 7) is 5.22. The second-order valence-corrected chi connectivity index (χ2v) is 7.44. The molecule has 0 saturated carbocycles. The summed E-state index contributed by atoms with van der Waals surface area (Å²) in [6.07, 6.45) is 1.28. The molecule has 0 aliphatic heterocycles. The molecule has 0 aliphatic carbocycles. The molecule has 0 unspecified atom stereocenters. The van der Waals surface area contributed by atoms with Gasteiger partial charge >= 0.3 is 5.97 Å². The molecule has 0 atom stereocenters. The predicted octanol–water partition coefficient (Wildman–Crippen LogP) is 3.23. The molecule has 0 aliphatic rings. The van der Waals surface area contributed by atoms with Gasteiger partial charge in [0.25, 0.3) is 5.56 Å². The van der Waals surface area contributed by atoms with Crippen LogP contribution in [0.25, 0.3) is 10.9 Å². The van der Waals surface area contributed by atoms with E-state index in [4.69, 9.17) is 9.47 Å². The van der Waals surface area contributed by atoms with Crippen molar-refractivity contribution in [3.63, 3.8) is 0 Å². The van der Waals surface area contributed by atoms with E-state index in [2.05, 4.69) is 4.98 Å². The quantitative estimate of drug-likeness (QED) is 0.682. The summed E-state index contributed by atoms with van der Waals surface area (Å²) in [4.78, 5) is 28.7. The molecular formula is C21H22N2O5. The minimum atomic E-state index is -0.680. The highest BCUT2D eigenvalue weighted by molar-refractivity contribution is 5.85. The van der Waals surface area contributed by atoms with Crippen LogP contribution in [0.1, 0.15) is 26.3 Å². The molecule has 3 rings (SSSR count). The van der Waals surface area contributed by atoms with Crippen LogP contribution in [-0.2, 0) is 22.9 Å². The van der Waals surface area contributed by atoms with Crippen molar-refractivity contribution < 1.29 is 19.4 Å². The molecule has 0 saturated heterocycles. The SMILES string of the molecule is CC(C)(C)C(=O)OCn1cnc2cc(OCc3ccccc3)cc(O)c2c1=O. The predicted molar refractivity (Wildman–Crippen MR) is 104 cm³/mol. The molecule has 2 aromatic carbocycles. The lowest BCUT2D eigenvalue weighted by molar-refractivity contribution is -0.157. The summed E-state index contributed by atoms with van der Waals surface area (Å²) in [5.41, 5.74) is 0.0949. The number of ether oxygens (including phenoxy) is 2. The minimum absolute atomic E-state index is 0.0429. The van der Waals surface area contributed by atoms with Gasteiger partial charge in [0.1, 0.15) is 29.8 Å². The number of carbonyl (C=O) groups excluding carboxylic acids is 1. The van der Waals surface area contributed by atoms with E-state index in [-0.39, 0.29) is 17.9 Å². The number of rotatable bonds is 5. The molecule has 1 aromatic heterocycles. The Kier molecular flexibility index (Phi) is 5.35. The third kappa shape index (κ3) is 4.31. The molecule has 1 heterocycles. The van der Waals surface area contributed by atoms with E-state index in [0.717, 1.165) is 10.1 Å². The molecule has 7 nitrogen and oxygen atoms in total. The van der Waals surface area contributed by atoms with Crippen molar-refractivity contribution in [1.29, 1.82) is 0 Å². The summed E-state index contributed by atoms with van der Waals surface area (Å²) in [6, 6.07) is 12.6. The number of aromatic nitrogens is 2. The number of phenols is 1. The Hall–Kier alpha value is -3.35. The van der Waals surface area contributed by atoms with Crippen molar-refractivity contribution in [3.8, 4) is 11.5 Å². The van der Waals surface area contributed by atoms with Gasteiger partial charge in [-0.05, 0) is 26.3 Å². The Balaban J connectivity index is 1.82. The summed E-state index contributed by atoms with van der Waals surface area (Å²) >= 11 is 0. The van der Waals surface area contributed by atoms with Crippen molar-refractivity contribution in [2.45, 2.75) is 34.1 Å². The first-order valence-electron chi connectivity index (χ1n) is 8.82. The molecule has 0 spiro atoms. The highest BCUT2D eigenvalue weighted by atomic mass is 16.5. The number of aromatic hydroxyl groups is 1. The zero-order chi connectivity index (χ0) is 20.3. The maximum atomic E-state index is 12.6. The van der Waals surface area contributed by atoms with E-state index in [1.165, 1.54) is 12.4 Å². The maximum absolute atomic E-state index is 12.6. The van der Waals surface area contributed by atoms with Gasteiger partial charge < -0.3 is 14.6 Å². The number of phenolic OH excluding ortho intramolecular Hbond substituents is 1. The molecule has 3 aromatic rings. The lowest BCUT2D eigenvalue weighted by Gasteiger charge is -2.17. The van der Waals surface area contributed by atoms with Crippen LogP contribution in [0.3, 0.4) is 0 Å². The van der Waals surface area contributed by atoms with Crippen LogP contribution in [0, 0.1) is 5.41 Å². The summed E-state index contributed by atoms with van der Waals surface area (Å²) in [5.74, 6) is -0.277. The van der Waals surface area contributed by atoms with E-state index in [1.807, 2.05) is 30.3 Å². The molecule has 0 radical (unpaired) electrons. The summed E-state index contributed by atoms with van der Waals surface area (Å²) < 4.78 is 12.0. The maximum Gasteiger partial charge on any atom is 0.312 e. The number of hydrogen-bond acceptors (Lipinski definition) is 6. The van der Waals surface area contributed by atoms with Crippen LogP contribution < -0.4 is 10.3 Å². The monoisotopic (exact) mass is 382 g/mol. The molecular weight excluding hydrogens is 360 g/mol. The summed E-state index contributed by atoms with van der Waals surface area (Å²) in [5, 5.41) is 10.4. The Labute approximate surface area is 162 Å². The van der Waals surface area contributed by atoms with Crippen LogP contribution in [0.4, 0.5) is 0 Å². The number of nitrogens with zero attached hydrogens (tertiary/aromatic N) is 2. The van der Waals surface area contributed by atoms with Crippen LogP contribution in [-0.4, -0.2) is 20.6 Å². The van der Waals surface area contributed by atoms with Crippen molar-refractivity contribution in [3.05, 3.63) is 64.7 Å². The minimum Gasteiger partial charge on any atom is -0.507 e.